The molecule has 1 saturated carbocycles. The Morgan fingerprint density at radius 1 is 1.36 bits per heavy atom. The number of nitrogens with one attached hydrogen (secondary N) is 1. The molecule has 0 unspecified atom stereocenters. The molecule has 0 saturated heterocycles. The lowest BCUT2D eigenvalue weighted by molar-refractivity contribution is -0.115. The molecular weight excluding hydrogens is 176 g/mol. The highest BCUT2D eigenvalue weighted by atomic mass is 16.1. The van der Waals surface area contributed by atoms with Crippen molar-refractivity contribution in [2.24, 2.45) is 5.73 Å². The zero-order valence-electron chi connectivity index (χ0n) is 8.36. The molecule has 1 aromatic carbocycles. The summed E-state index contributed by atoms with van der Waals surface area (Å²) >= 11 is 0. The number of amides is 1. The fourth-order valence-corrected chi connectivity index (χ4v) is 0.998. The number of hydrogen-bond donors (Lipinski definition) is 2. The van der Waals surface area contributed by atoms with Crippen molar-refractivity contribution in [3.8, 4) is 0 Å². The van der Waals surface area contributed by atoms with Gasteiger partial charge in [0.25, 0.3) is 0 Å². The summed E-state index contributed by atoms with van der Waals surface area (Å²) < 4.78 is 0. The van der Waals surface area contributed by atoms with E-state index in [1.165, 1.54) is 25.5 Å². The van der Waals surface area contributed by atoms with E-state index >= 15 is 0 Å². The van der Waals surface area contributed by atoms with Crippen molar-refractivity contribution in [1.82, 2.24) is 0 Å². The van der Waals surface area contributed by atoms with E-state index in [9.17, 15) is 4.79 Å². The van der Waals surface area contributed by atoms with Crippen molar-refractivity contribution in [2.75, 3.05) is 5.32 Å². The Morgan fingerprint density at radius 3 is 2.29 bits per heavy atom. The van der Waals surface area contributed by atoms with Crippen LogP contribution in [0.4, 0.5) is 5.69 Å². The quantitative estimate of drug-likeness (QED) is 0.750. The first kappa shape index (κ1) is 10.6. The second kappa shape index (κ2) is 5.27. The number of benzene rings is 1. The Morgan fingerprint density at radius 2 is 1.86 bits per heavy atom. The van der Waals surface area contributed by atoms with Gasteiger partial charge in [0, 0.05) is 18.7 Å². The first-order valence-corrected chi connectivity index (χ1v) is 4.76. The average Bonchev–Trinajstić information content (AvgIpc) is 2.89. The predicted octanol–water partition coefficient (Wildman–Crippen LogP) is 1.75. The third-order valence-corrected chi connectivity index (χ3v) is 1.72. The van der Waals surface area contributed by atoms with E-state index in [4.69, 9.17) is 0 Å². The molecule has 3 heteroatoms. The number of rotatable bonds is 2. The Labute approximate surface area is 84.3 Å². The van der Waals surface area contributed by atoms with Crippen molar-refractivity contribution < 1.29 is 4.79 Å². The summed E-state index contributed by atoms with van der Waals surface area (Å²) in [5.41, 5.74) is 5.73. The molecule has 3 nitrogen and oxygen atoms in total. The van der Waals surface area contributed by atoms with Gasteiger partial charge in [-0.3, -0.25) is 4.79 Å². The second-order valence-corrected chi connectivity index (χ2v) is 3.40. The number of nitrogens with two attached hydrogens (primary N) is 1. The third-order valence-electron chi connectivity index (χ3n) is 1.72. The standard InChI is InChI=1S/C9H11N.C2H5NO/c1-2-4-8(5-3-1)10-9-6-7-9;1-2(3)4/h1-5,9-10H,6-7H2;1H3,(H2,3,4). The Bertz CT molecular complexity index is 277. The maximum absolute atomic E-state index is 9.22. The summed E-state index contributed by atoms with van der Waals surface area (Å²) in [4.78, 5) is 9.22. The molecule has 0 radical (unpaired) electrons. The van der Waals surface area contributed by atoms with Crippen LogP contribution in [0.5, 0.6) is 0 Å². The first-order chi connectivity index (χ1) is 6.68. The minimum Gasteiger partial charge on any atom is -0.382 e. The van der Waals surface area contributed by atoms with Gasteiger partial charge in [0.1, 0.15) is 0 Å². The molecule has 0 aromatic heterocycles. The molecule has 1 amide bonds. The van der Waals surface area contributed by atoms with Gasteiger partial charge in [-0.1, -0.05) is 18.2 Å². The van der Waals surface area contributed by atoms with Crippen LogP contribution in [-0.4, -0.2) is 11.9 Å². The number of primary amides is 1. The first-order valence-electron chi connectivity index (χ1n) is 4.76. The minimum atomic E-state index is -0.333. The molecule has 0 aliphatic heterocycles. The Kier molecular flexibility index (Phi) is 3.98. The summed E-state index contributed by atoms with van der Waals surface area (Å²) in [6, 6.07) is 11.1. The largest absolute Gasteiger partial charge is 0.382 e. The van der Waals surface area contributed by atoms with Crippen LogP contribution in [0.25, 0.3) is 0 Å². The van der Waals surface area contributed by atoms with Gasteiger partial charge in [-0.25, -0.2) is 0 Å². The van der Waals surface area contributed by atoms with E-state index in [0.29, 0.717) is 0 Å². The van der Waals surface area contributed by atoms with Crippen molar-refractivity contribution in [2.45, 2.75) is 25.8 Å². The Hall–Kier alpha value is -1.51. The average molecular weight is 192 g/mol. The van der Waals surface area contributed by atoms with E-state index in [0.717, 1.165) is 6.04 Å². The third kappa shape index (κ3) is 5.19. The van der Waals surface area contributed by atoms with Gasteiger partial charge in [-0.2, -0.15) is 0 Å². The fraction of sp³-hybridized carbons (Fsp3) is 0.364. The van der Waals surface area contributed by atoms with E-state index in [2.05, 4.69) is 35.3 Å². The van der Waals surface area contributed by atoms with Crippen LogP contribution >= 0.6 is 0 Å². The zero-order valence-corrected chi connectivity index (χ0v) is 8.36. The van der Waals surface area contributed by atoms with Crippen LogP contribution in [-0.2, 0) is 4.79 Å². The normalized spacial score (nSPS) is 13.8. The molecule has 2 rings (SSSR count). The van der Waals surface area contributed by atoms with Gasteiger partial charge >= 0.3 is 0 Å². The van der Waals surface area contributed by atoms with Crippen LogP contribution in [0.2, 0.25) is 0 Å². The van der Waals surface area contributed by atoms with Crippen LogP contribution < -0.4 is 11.1 Å². The lowest BCUT2D eigenvalue weighted by Gasteiger charge is -2.01. The SMILES string of the molecule is CC(N)=O.c1ccc(NC2CC2)cc1. The molecule has 1 aromatic rings. The highest BCUT2D eigenvalue weighted by molar-refractivity contribution is 5.70. The van der Waals surface area contributed by atoms with Crippen molar-refractivity contribution in [3.63, 3.8) is 0 Å². The highest BCUT2D eigenvalue weighted by Gasteiger charge is 2.20. The molecule has 0 spiro atoms. The molecular formula is C11H16N2O. The summed E-state index contributed by atoms with van der Waals surface area (Å²) in [6.07, 6.45) is 2.68. The number of anilines is 1. The summed E-state index contributed by atoms with van der Waals surface area (Å²) in [7, 11) is 0. The van der Waals surface area contributed by atoms with Crippen molar-refractivity contribution in [3.05, 3.63) is 30.3 Å². The monoisotopic (exact) mass is 192 g/mol. The van der Waals surface area contributed by atoms with Crippen LogP contribution in [0.3, 0.4) is 0 Å². The fourth-order valence-electron chi connectivity index (χ4n) is 0.998. The van der Waals surface area contributed by atoms with E-state index < -0.39 is 0 Å². The van der Waals surface area contributed by atoms with Crippen LogP contribution in [0.15, 0.2) is 30.3 Å². The molecule has 3 N–H and O–H groups in total. The van der Waals surface area contributed by atoms with E-state index in [1.807, 2.05) is 6.07 Å². The predicted molar refractivity (Wildman–Crippen MR) is 58.0 cm³/mol. The molecule has 76 valence electrons. The number of hydrogen-bond acceptors (Lipinski definition) is 2. The van der Waals surface area contributed by atoms with E-state index in [1.54, 1.807) is 0 Å². The lowest BCUT2D eigenvalue weighted by atomic mass is 10.3. The summed E-state index contributed by atoms with van der Waals surface area (Å²) in [6.45, 7) is 1.31. The molecule has 1 fully saturated rings. The van der Waals surface area contributed by atoms with Crippen LogP contribution in [0.1, 0.15) is 19.8 Å². The highest BCUT2D eigenvalue weighted by Crippen LogP contribution is 2.23. The number of carbonyl (C=O) groups excluding carboxylic acids is 1. The van der Waals surface area contributed by atoms with Gasteiger partial charge in [-0.15, -0.1) is 0 Å². The van der Waals surface area contributed by atoms with Crippen molar-refractivity contribution >= 4 is 11.6 Å². The van der Waals surface area contributed by atoms with Crippen molar-refractivity contribution in [1.29, 1.82) is 0 Å². The van der Waals surface area contributed by atoms with Gasteiger partial charge in [0.2, 0.25) is 5.91 Å². The smallest absolute Gasteiger partial charge is 0.214 e. The molecule has 0 bridgehead atoms. The minimum absolute atomic E-state index is 0.333. The maximum Gasteiger partial charge on any atom is 0.214 e. The topological polar surface area (TPSA) is 55.1 Å². The van der Waals surface area contributed by atoms with E-state index in [-0.39, 0.29) is 5.91 Å². The van der Waals surface area contributed by atoms with Gasteiger partial charge in [-0.05, 0) is 25.0 Å². The molecule has 14 heavy (non-hydrogen) atoms. The summed E-state index contributed by atoms with van der Waals surface area (Å²) in [5, 5.41) is 3.42. The van der Waals surface area contributed by atoms with Gasteiger partial charge in [0.15, 0.2) is 0 Å². The number of para-hydroxylation sites is 1. The van der Waals surface area contributed by atoms with Gasteiger partial charge < -0.3 is 11.1 Å². The summed E-state index contributed by atoms with van der Waals surface area (Å²) in [5.74, 6) is -0.333. The molecule has 1 aliphatic rings. The zero-order chi connectivity index (χ0) is 10.4. The second-order valence-electron chi connectivity index (χ2n) is 3.40. The lowest BCUT2D eigenvalue weighted by Crippen LogP contribution is -2.01. The maximum atomic E-state index is 9.22. The van der Waals surface area contributed by atoms with Crippen LogP contribution in [0, 0.1) is 0 Å². The number of carbonyl (C=O) groups is 1. The molecule has 1 aliphatic carbocycles. The van der Waals surface area contributed by atoms with Gasteiger partial charge in [0.05, 0.1) is 0 Å². The molecule has 0 atom stereocenters. The Balaban J connectivity index is 0.000000213. The molecule has 0 heterocycles.